The third-order valence-corrected chi connectivity index (χ3v) is 9.46. The van der Waals surface area contributed by atoms with Gasteiger partial charge in [0.15, 0.2) is 6.10 Å². The lowest BCUT2D eigenvalue weighted by atomic mass is 10.1. The molecule has 0 amide bonds. The number of esters is 2. The highest BCUT2D eigenvalue weighted by Crippen LogP contribution is 2.43. The summed E-state index contributed by atoms with van der Waals surface area (Å²) in [6.45, 7) is 2.77. The SMILES string of the molecule is CCCCCCCC/C=C\CCCCCCCC(=O)OCC(COP(=O)(O)OCC(N)C(=O)O)OC(=O)CCCCCCCCCCCCC. The summed E-state index contributed by atoms with van der Waals surface area (Å²) in [4.78, 5) is 45.7. The second-order valence-corrected chi connectivity index (χ2v) is 14.9. The highest BCUT2D eigenvalue weighted by molar-refractivity contribution is 7.47. The van der Waals surface area contributed by atoms with Gasteiger partial charge in [0.2, 0.25) is 0 Å². The lowest BCUT2D eigenvalue weighted by Gasteiger charge is -2.20. The molecule has 11 nitrogen and oxygen atoms in total. The number of carboxylic acid groups (broad SMARTS) is 1. The summed E-state index contributed by atoms with van der Waals surface area (Å²) in [7, 11) is -4.70. The summed E-state index contributed by atoms with van der Waals surface area (Å²) in [5, 5.41) is 8.85. The smallest absolute Gasteiger partial charge is 0.472 e. The Hall–Kier alpha value is -1.78. The van der Waals surface area contributed by atoms with E-state index < -0.39 is 51.1 Å². The summed E-state index contributed by atoms with van der Waals surface area (Å²) in [5.41, 5.74) is 5.31. The molecule has 50 heavy (non-hydrogen) atoms. The molecule has 0 saturated carbocycles. The largest absolute Gasteiger partial charge is 0.480 e. The maximum Gasteiger partial charge on any atom is 0.472 e. The number of allylic oxidation sites excluding steroid dienone is 2. The zero-order chi connectivity index (χ0) is 37.1. The molecule has 0 radical (unpaired) electrons. The monoisotopic (exact) mass is 733 g/mol. The lowest BCUT2D eigenvalue weighted by molar-refractivity contribution is -0.161. The Balaban J connectivity index is 4.40. The third kappa shape index (κ3) is 33.4. The first-order chi connectivity index (χ1) is 24.1. The minimum atomic E-state index is -4.70. The van der Waals surface area contributed by atoms with E-state index in [1.165, 1.54) is 83.5 Å². The van der Waals surface area contributed by atoms with Crippen molar-refractivity contribution in [1.82, 2.24) is 0 Å². The van der Waals surface area contributed by atoms with Crippen LogP contribution in [0.3, 0.4) is 0 Å². The van der Waals surface area contributed by atoms with Crippen LogP contribution in [0.15, 0.2) is 12.2 Å². The molecule has 3 atom stereocenters. The summed E-state index contributed by atoms with van der Waals surface area (Å²) >= 11 is 0. The molecule has 3 unspecified atom stereocenters. The number of nitrogens with two attached hydrogens (primary N) is 1. The average molecular weight is 734 g/mol. The van der Waals surface area contributed by atoms with Gasteiger partial charge in [-0.05, 0) is 38.5 Å². The lowest BCUT2D eigenvalue weighted by Crippen LogP contribution is -2.34. The van der Waals surface area contributed by atoms with Crippen molar-refractivity contribution >= 4 is 25.7 Å². The molecule has 12 heteroatoms. The van der Waals surface area contributed by atoms with Gasteiger partial charge in [-0.25, -0.2) is 4.57 Å². The number of aliphatic carboxylic acids is 1. The van der Waals surface area contributed by atoms with E-state index in [0.717, 1.165) is 57.8 Å². The number of carbonyl (C=O) groups is 3. The van der Waals surface area contributed by atoms with Crippen LogP contribution in [0.5, 0.6) is 0 Å². The second-order valence-electron chi connectivity index (χ2n) is 13.4. The van der Waals surface area contributed by atoms with Gasteiger partial charge < -0.3 is 25.2 Å². The Morgan fingerprint density at radius 1 is 0.600 bits per heavy atom. The quantitative estimate of drug-likeness (QED) is 0.0240. The summed E-state index contributed by atoms with van der Waals surface area (Å²) in [5.74, 6) is -2.38. The highest BCUT2D eigenvalue weighted by Gasteiger charge is 2.28. The number of phosphoric acid groups is 1. The molecule has 0 fully saturated rings. The topological polar surface area (TPSA) is 172 Å². The fraction of sp³-hybridized carbons (Fsp3) is 0.868. The Labute approximate surface area is 303 Å². The van der Waals surface area contributed by atoms with Gasteiger partial charge in [0.1, 0.15) is 12.6 Å². The van der Waals surface area contributed by atoms with Gasteiger partial charge in [-0.15, -0.1) is 0 Å². The fourth-order valence-electron chi connectivity index (χ4n) is 5.35. The first kappa shape index (κ1) is 48.2. The molecule has 0 aromatic carbocycles. The highest BCUT2D eigenvalue weighted by atomic mass is 31.2. The standard InChI is InChI=1S/C38H72NO10P/c1-3-5-7-9-11-13-15-16-17-18-20-21-23-25-27-29-36(40)46-31-34(32-47-50(44,45)48-33-35(39)38(42)43)49-37(41)30-28-26-24-22-19-14-12-10-8-6-4-2/h16-17,34-35H,3-15,18-33,39H2,1-2H3,(H,42,43)(H,44,45)/b17-16-. The van der Waals surface area contributed by atoms with Crippen molar-refractivity contribution < 1.29 is 47.5 Å². The summed E-state index contributed by atoms with van der Waals surface area (Å²) < 4.78 is 32.5. The van der Waals surface area contributed by atoms with Crippen molar-refractivity contribution in [2.45, 2.75) is 193 Å². The molecule has 0 heterocycles. The second kappa shape index (κ2) is 34.3. The van der Waals surface area contributed by atoms with Gasteiger partial charge in [-0.2, -0.15) is 0 Å². The van der Waals surface area contributed by atoms with Crippen LogP contribution in [0.25, 0.3) is 0 Å². The molecule has 0 rings (SSSR count). The van der Waals surface area contributed by atoms with E-state index >= 15 is 0 Å². The number of phosphoric ester groups is 1. The van der Waals surface area contributed by atoms with Crippen LogP contribution in [0, 0.1) is 0 Å². The van der Waals surface area contributed by atoms with Crippen LogP contribution in [0.4, 0.5) is 0 Å². The zero-order valence-corrected chi connectivity index (χ0v) is 32.4. The molecule has 0 spiro atoms. The minimum absolute atomic E-state index is 0.164. The number of carboxylic acids is 1. The third-order valence-electron chi connectivity index (χ3n) is 8.51. The molecular formula is C38H72NO10P. The molecule has 0 aliphatic rings. The molecule has 0 aromatic rings. The maximum atomic E-state index is 12.5. The maximum absolute atomic E-state index is 12.5. The van der Waals surface area contributed by atoms with Crippen molar-refractivity contribution in [3.8, 4) is 0 Å². The van der Waals surface area contributed by atoms with Gasteiger partial charge in [0.05, 0.1) is 13.2 Å². The zero-order valence-electron chi connectivity index (χ0n) is 31.5. The van der Waals surface area contributed by atoms with Crippen molar-refractivity contribution in [3.05, 3.63) is 12.2 Å². The van der Waals surface area contributed by atoms with Crippen LogP contribution in [0.1, 0.15) is 181 Å². The average Bonchev–Trinajstić information content (AvgIpc) is 3.09. The van der Waals surface area contributed by atoms with Crippen molar-refractivity contribution in [1.29, 1.82) is 0 Å². The Kier molecular flexibility index (Phi) is 33.1. The number of unbranched alkanes of at least 4 members (excludes halogenated alkanes) is 21. The van der Waals surface area contributed by atoms with E-state index in [9.17, 15) is 23.8 Å². The normalized spacial score (nSPS) is 14.0. The van der Waals surface area contributed by atoms with Crippen LogP contribution < -0.4 is 5.73 Å². The van der Waals surface area contributed by atoms with Gasteiger partial charge in [-0.1, -0.05) is 142 Å². The van der Waals surface area contributed by atoms with Crippen molar-refractivity contribution in [2.24, 2.45) is 5.73 Å². The van der Waals surface area contributed by atoms with Crippen LogP contribution >= 0.6 is 7.82 Å². The first-order valence-corrected chi connectivity index (χ1v) is 21.2. The van der Waals surface area contributed by atoms with Gasteiger partial charge in [0.25, 0.3) is 0 Å². The molecule has 0 bridgehead atoms. The Morgan fingerprint density at radius 2 is 1.00 bits per heavy atom. The molecular weight excluding hydrogens is 661 g/mol. The van der Waals surface area contributed by atoms with Gasteiger partial charge in [0, 0.05) is 12.8 Å². The van der Waals surface area contributed by atoms with E-state index in [2.05, 4.69) is 30.5 Å². The molecule has 0 aliphatic carbocycles. The minimum Gasteiger partial charge on any atom is -0.480 e. The van der Waals surface area contributed by atoms with E-state index in [0.29, 0.717) is 12.8 Å². The molecule has 294 valence electrons. The Bertz CT molecular complexity index is 916. The number of rotatable bonds is 37. The van der Waals surface area contributed by atoms with Crippen molar-refractivity contribution in [3.63, 3.8) is 0 Å². The predicted molar refractivity (Wildman–Crippen MR) is 199 cm³/mol. The first-order valence-electron chi connectivity index (χ1n) is 19.7. The molecule has 0 aliphatic heterocycles. The summed E-state index contributed by atoms with van der Waals surface area (Å²) in [6, 6.07) is -1.52. The van der Waals surface area contributed by atoms with E-state index in [1.807, 2.05) is 0 Å². The molecule has 0 saturated heterocycles. The van der Waals surface area contributed by atoms with Gasteiger partial charge >= 0.3 is 25.7 Å². The summed E-state index contributed by atoms with van der Waals surface area (Å²) in [6.07, 6.45) is 31.4. The van der Waals surface area contributed by atoms with E-state index in [4.69, 9.17) is 24.8 Å². The van der Waals surface area contributed by atoms with E-state index in [-0.39, 0.29) is 19.4 Å². The predicted octanol–water partition coefficient (Wildman–Crippen LogP) is 9.73. The van der Waals surface area contributed by atoms with Crippen LogP contribution in [0.2, 0.25) is 0 Å². The molecule has 0 aromatic heterocycles. The number of hydrogen-bond donors (Lipinski definition) is 3. The number of ether oxygens (including phenoxy) is 2. The number of hydrogen-bond acceptors (Lipinski definition) is 9. The fourth-order valence-corrected chi connectivity index (χ4v) is 6.13. The number of carbonyl (C=O) groups excluding carboxylic acids is 2. The van der Waals surface area contributed by atoms with Crippen LogP contribution in [-0.4, -0.2) is 59.9 Å². The van der Waals surface area contributed by atoms with Crippen molar-refractivity contribution in [2.75, 3.05) is 19.8 Å². The van der Waals surface area contributed by atoms with Gasteiger partial charge in [-0.3, -0.25) is 23.4 Å². The Morgan fingerprint density at radius 3 is 1.46 bits per heavy atom. The van der Waals surface area contributed by atoms with Crippen LogP contribution in [-0.2, 0) is 37.5 Å². The molecule has 4 N–H and O–H groups in total. The van der Waals surface area contributed by atoms with E-state index in [1.54, 1.807) is 0 Å².